The van der Waals surface area contributed by atoms with E-state index in [4.69, 9.17) is 5.14 Å². The molecule has 110 valence electrons. The third-order valence-corrected chi connectivity index (χ3v) is 3.78. The topological polar surface area (TPSA) is 89.3 Å². The molecule has 2 aromatic rings. The Kier molecular flexibility index (Phi) is 4.06. The lowest BCUT2D eigenvalue weighted by Crippen LogP contribution is -2.19. The van der Waals surface area contributed by atoms with Gasteiger partial charge in [-0.2, -0.15) is 0 Å². The van der Waals surface area contributed by atoms with E-state index in [2.05, 4.69) is 5.32 Å². The van der Waals surface area contributed by atoms with Gasteiger partial charge in [0.1, 0.15) is 10.7 Å². The zero-order chi connectivity index (χ0) is 15.6. The third-order valence-electron chi connectivity index (χ3n) is 2.81. The summed E-state index contributed by atoms with van der Waals surface area (Å²) in [4.78, 5) is 11.8. The van der Waals surface area contributed by atoms with Crippen molar-refractivity contribution >= 4 is 21.6 Å². The van der Waals surface area contributed by atoms with Crippen LogP contribution in [-0.4, -0.2) is 14.3 Å². The van der Waals surface area contributed by atoms with E-state index in [1.807, 2.05) is 0 Å². The number of aryl methyl sites for hydroxylation is 1. The monoisotopic (exact) mass is 308 g/mol. The predicted molar refractivity (Wildman–Crippen MR) is 76.9 cm³/mol. The van der Waals surface area contributed by atoms with Crippen molar-refractivity contribution in [2.75, 3.05) is 5.32 Å². The second-order valence-corrected chi connectivity index (χ2v) is 6.01. The van der Waals surface area contributed by atoms with E-state index in [0.717, 1.165) is 0 Å². The summed E-state index contributed by atoms with van der Waals surface area (Å²) in [5, 5.41) is 7.44. The molecule has 0 unspecified atom stereocenters. The van der Waals surface area contributed by atoms with Crippen LogP contribution in [0.2, 0.25) is 0 Å². The minimum atomic E-state index is -3.99. The van der Waals surface area contributed by atoms with E-state index in [1.54, 1.807) is 6.92 Å². The lowest BCUT2D eigenvalue weighted by molar-refractivity contribution is 0.102. The van der Waals surface area contributed by atoms with Crippen molar-refractivity contribution in [1.29, 1.82) is 0 Å². The number of primary sulfonamides is 1. The van der Waals surface area contributed by atoms with Crippen molar-refractivity contribution in [2.24, 2.45) is 5.14 Å². The van der Waals surface area contributed by atoms with E-state index in [-0.39, 0.29) is 16.1 Å². The van der Waals surface area contributed by atoms with Gasteiger partial charge in [0.25, 0.3) is 5.91 Å². The maximum absolute atomic E-state index is 13.7. The van der Waals surface area contributed by atoms with Gasteiger partial charge in [0.15, 0.2) is 0 Å². The van der Waals surface area contributed by atoms with Crippen LogP contribution in [0.4, 0.5) is 10.1 Å². The number of para-hydroxylation sites is 1. The first-order valence-electron chi connectivity index (χ1n) is 5.98. The summed E-state index contributed by atoms with van der Waals surface area (Å²) in [6.45, 7) is 1.72. The molecule has 5 nitrogen and oxygen atoms in total. The van der Waals surface area contributed by atoms with Gasteiger partial charge in [-0.3, -0.25) is 4.79 Å². The summed E-state index contributed by atoms with van der Waals surface area (Å²) >= 11 is 0. The summed E-state index contributed by atoms with van der Waals surface area (Å²) in [6, 6.07) is 9.74. The Morgan fingerprint density at radius 3 is 2.52 bits per heavy atom. The fraction of sp³-hybridized carbons (Fsp3) is 0.0714. The van der Waals surface area contributed by atoms with Crippen molar-refractivity contribution < 1.29 is 17.6 Å². The van der Waals surface area contributed by atoms with Crippen LogP contribution in [0.25, 0.3) is 0 Å². The normalized spacial score (nSPS) is 11.2. The average Bonchev–Trinajstić information content (AvgIpc) is 2.41. The second kappa shape index (κ2) is 5.63. The van der Waals surface area contributed by atoms with Gasteiger partial charge >= 0.3 is 0 Å². The molecular weight excluding hydrogens is 295 g/mol. The number of amides is 1. The van der Waals surface area contributed by atoms with Crippen LogP contribution in [0.3, 0.4) is 0 Å². The lowest BCUT2D eigenvalue weighted by Gasteiger charge is -2.10. The molecule has 0 fully saturated rings. The quantitative estimate of drug-likeness (QED) is 0.909. The summed E-state index contributed by atoms with van der Waals surface area (Å²) in [5.41, 5.74) is 0.548. The molecule has 0 heterocycles. The number of carbonyl (C=O) groups is 1. The van der Waals surface area contributed by atoms with Gasteiger partial charge in [-0.15, -0.1) is 0 Å². The molecule has 21 heavy (non-hydrogen) atoms. The Morgan fingerprint density at radius 1 is 1.19 bits per heavy atom. The number of benzene rings is 2. The van der Waals surface area contributed by atoms with Crippen LogP contribution in [-0.2, 0) is 10.0 Å². The van der Waals surface area contributed by atoms with Crippen LogP contribution < -0.4 is 10.5 Å². The maximum Gasteiger partial charge on any atom is 0.258 e. The Labute approximate surface area is 121 Å². The molecule has 0 spiro atoms. The number of hydrogen-bond acceptors (Lipinski definition) is 3. The first-order valence-corrected chi connectivity index (χ1v) is 7.53. The van der Waals surface area contributed by atoms with Crippen molar-refractivity contribution in [1.82, 2.24) is 0 Å². The molecule has 1 amide bonds. The molecule has 0 aliphatic heterocycles. The molecule has 3 N–H and O–H groups in total. The van der Waals surface area contributed by atoms with Gasteiger partial charge in [-0.05, 0) is 31.2 Å². The highest BCUT2D eigenvalue weighted by Crippen LogP contribution is 2.21. The van der Waals surface area contributed by atoms with Crippen LogP contribution in [0.5, 0.6) is 0 Å². The van der Waals surface area contributed by atoms with Crippen LogP contribution in [0, 0.1) is 12.7 Å². The molecule has 0 saturated carbocycles. The number of nitrogens with two attached hydrogens (primary N) is 1. The summed E-state index contributed by atoms with van der Waals surface area (Å²) in [5.74, 6) is -1.43. The number of nitrogens with one attached hydrogen (secondary N) is 1. The number of carbonyl (C=O) groups excluding carboxylic acids is 1. The molecule has 0 atom stereocenters. The highest BCUT2D eigenvalue weighted by Gasteiger charge is 2.17. The molecular formula is C14H13FN2O3S. The number of halogens is 1. The smallest absolute Gasteiger partial charge is 0.258 e. The standard InChI is InChI=1S/C14H13FN2O3S/c1-9-6-7-11(15)10(8-9)14(18)17-12-4-2-3-5-13(12)21(16,19)20/h2-8H,1H3,(H,17,18)(H2,16,19,20). The molecule has 0 aromatic heterocycles. The third kappa shape index (κ3) is 3.45. The predicted octanol–water partition coefficient (Wildman–Crippen LogP) is 2.03. The Bertz CT molecular complexity index is 804. The molecule has 0 bridgehead atoms. The van der Waals surface area contributed by atoms with E-state index >= 15 is 0 Å². The van der Waals surface area contributed by atoms with Crippen LogP contribution in [0.1, 0.15) is 15.9 Å². The summed E-state index contributed by atoms with van der Waals surface area (Å²) in [7, 11) is -3.99. The minimum Gasteiger partial charge on any atom is -0.321 e. The molecule has 0 aliphatic rings. The van der Waals surface area contributed by atoms with Crippen molar-refractivity contribution in [2.45, 2.75) is 11.8 Å². The van der Waals surface area contributed by atoms with E-state index in [9.17, 15) is 17.6 Å². The summed E-state index contributed by atoms with van der Waals surface area (Å²) < 4.78 is 36.5. The molecule has 7 heteroatoms. The van der Waals surface area contributed by atoms with Crippen molar-refractivity contribution in [3.63, 3.8) is 0 Å². The SMILES string of the molecule is Cc1ccc(F)c(C(=O)Nc2ccccc2S(N)(=O)=O)c1. The molecule has 2 aromatic carbocycles. The van der Waals surface area contributed by atoms with Crippen LogP contribution in [0.15, 0.2) is 47.4 Å². The van der Waals surface area contributed by atoms with E-state index in [1.165, 1.54) is 42.5 Å². The molecule has 0 aliphatic carbocycles. The van der Waals surface area contributed by atoms with Gasteiger partial charge in [0, 0.05) is 0 Å². The first kappa shape index (κ1) is 15.1. The Hall–Kier alpha value is -2.25. The zero-order valence-electron chi connectivity index (χ0n) is 11.1. The number of rotatable bonds is 3. The molecule has 0 radical (unpaired) electrons. The van der Waals surface area contributed by atoms with Gasteiger partial charge in [-0.25, -0.2) is 17.9 Å². The van der Waals surface area contributed by atoms with Gasteiger partial charge in [-0.1, -0.05) is 23.8 Å². The number of anilines is 1. The van der Waals surface area contributed by atoms with Crippen LogP contribution >= 0.6 is 0 Å². The van der Waals surface area contributed by atoms with Crippen molar-refractivity contribution in [3.8, 4) is 0 Å². The fourth-order valence-electron chi connectivity index (χ4n) is 1.82. The summed E-state index contributed by atoms with van der Waals surface area (Å²) in [6.07, 6.45) is 0. The van der Waals surface area contributed by atoms with Gasteiger partial charge in [0.05, 0.1) is 11.3 Å². The lowest BCUT2D eigenvalue weighted by atomic mass is 10.1. The number of hydrogen-bond donors (Lipinski definition) is 2. The first-order chi connectivity index (χ1) is 9.79. The molecule has 2 rings (SSSR count). The van der Waals surface area contributed by atoms with Crippen molar-refractivity contribution in [3.05, 3.63) is 59.4 Å². The van der Waals surface area contributed by atoms with Gasteiger partial charge in [0.2, 0.25) is 10.0 Å². The largest absolute Gasteiger partial charge is 0.321 e. The minimum absolute atomic E-state index is 0.00547. The second-order valence-electron chi connectivity index (χ2n) is 4.48. The van der Waals surface area contributed by atoms with Gasteiger partial charge < -0.3 is 5.32 Å². The highest BCUT2D eigenvalue weighted by atomic mass is 32.2. The Morgan fingerprint density at radius 2 is 1.86 bits per heavy atom. The molecule has 0 saturated heterocycles. The van der Waals surface area contributed by atoms with E-state index < -0.39 is 21.7 Å². The average molecular weight is 308 g/mol. The Balaban J connectivity index is 2.39. The highest BCUT2D eigenvalue weighted by molar-refractivity contribution is 7.89. The fourth-order valence-corrected chi connectivity index (χ4v) is 2.51. The maximum atomic E-state index is 13.7. The van der Waals surface area contributed by atoms with E-state index in [0.29, 0.717) is 5.56 Å². The number of sulfonamides is 1. The zero-order valence-corrected chi connectivity index (χ0v) is 11.9.